The van der Waals surface area contributed by atoms with Crippen LogP contribution < -0.4 is 10.1 Å². The van der Waals surface area contributed by atoms with Gasteiger partial charge in [0.25, 0.3) is 5.91 Å². The van der Waals surface area contributed by atoms with Gasteiger partial charge in [-0.05, 0) is 37.0 Å². The summed E-state index contributed by atoms with van der Waals surface area (Å²) in [6, 6.07) is 6.36. The van der Waals surface area contributed by atoms with E-state index in [4.69, 9.17) is 14.4 Å². The Morgan fingerprint density at radius 3 is 2.83 bits per heavy atom. The lowest BCUT2D eigenvalue weighted by molar-refractivity contribution is 0.0696. The van der Waals surface area contributed by atoms with Crippen molar-refractivity contribution in [3.8, 4) is 5.75 Å². The van der Waals surface area contributed by atoms with Crippen LogP contribution in [0.25, 0.3) is 0 Å². The molecule has 2 N–H and O–H groups in total. The van der Waals surface area contributed by atoms with Gasteiger partial charge in [0.1, 0.15) is 5.75 Å². The molecule has 7 heteroatoms. The van der Waals surface area contributed by atoms with Gasteiger partial charge in [-0.1, -0.05) is 11.2 Å². The van der Waals surface area contributed by atoms with Crippen LogP contribution in [-0.2, 0) is 6.42 Å². The minimum atomic E-state index is -1.01. The van der Waals surface area contributed by atoms with Crippen LogP contribution in [-0.4, -0.2) is 35.8 Å². The summed E-state index contributed by atoms with van der Waals surface area (Å²) in [6.07, 6.45) is 2.71. The van der Waals surface area contributed by atoms with Gasteiger partial charge in [0.15, 0.2) is 0 Å². The van der Waals surface area contributed by atoms with Crippen molar-refractivity contribution in [1.82, 2.24) is 10.5 Å². The molecule has 1 amide bonds. The van der Waals surface area contributed by atoms with Crippen molar-refractivity contribution in [3.05, 3.63) is 46.8 Å². The van der Waals surface area contributed by atoms with Gasteiger partial charge in [0, 0.05) is 18.5 Å². The molecule has 3 rings (SSSR count). The first-order chi connectivity index (χ1) is 11.6. The summed E-state index contributed by atoms with van der Waals surface area (Å²) in [5, 5.41) is 15.7. The molecule has 0 atom stereocenters. The molecule has 2 aromatic rings. The number of ether oxygens (including phenoxy) is 1. The first-order valence-electron chi connectivity index (χ1n) is 7.73. The fourth-order valence-corrected chi connectivity index (χ4v) is 2.45. The zero-order valence-corrected chi connectivity index (χ0v) is 13.2. The maximum Gasteiger partial charge on any atom is 0.335 e. The lowest BCUT2D eigenvalue weighted by Crippen LogP contribution is -2.25. The topological polar surface area (TPSA) is 102 Å². The third-order valence-corrected chi connectivity index (χ3v) is 3.96. The predicted octanol–water partition coefficient (Wildman–Crippen LogP) is 2.23. The van der Waals surface area contributed by atoms with E-state index in [0.717, 1.165) is 24.1 Å². The highest BCUT2D eigenvalue weighted by Gasteiger charge is 2.28. The number of carboxylic acids is 1. The number of aromatic carboxylic acids is 1. The summed E-state index contributed by atoms with van der Waals surface area (Å²) in [4.78, 5) is 23.0. The Morgan fingerprint density at radius 2 is 2.17 bits per heavy atom. The number of nitrogens with zero attached hydrogens (tertiary/aromatic N) is 1. The van der Waals surface area contributed by atoms with Crippen molar-refractivity contribution in [3.63, 3.8) is 0 Å². The number of rotatable bonds is 7. The molecule has 0 unspecified atom stereocenters. The highest BCUT2D eigenvalue weighted by molar-refractivity contribution is 5.91. The Morgan fingerprint density at radius 1 is 1.38 bits per heavy atom. The van der Waals surface area contributed by atoms with E-state index in [2.05, 4.69) is 10.5 Å². The van der Waals surface area contributed by atoms with Gasteiger partial charge in [0.05, 0.1) is 18.4 Å². The Labute approximate surface area is 138 Å². The van der Waals surface area contributed by atoms with Crippen LogP contribution in [0.15, 0.2) is 28.8 Å². The van der Waals surface area contributed by atoms with Gasteiger partial charge in [0.2, 0.25) is 5.76 Å². The fraction of sp³-hybridized carbons (Fsp3) is 0.353. The average Bonchev–Trinajstić information content (AvgIpc) is 3.31. The second kappa shape index (κ2) is 6.74. The molecule has 1 fully saturated rings. The molecule has 0 saturated heterocycles. The van der Waals surface area contributed by atoms with Gasteiger partial charge in [-0.3, -0.25) is 4.79 Å². The minimum Gasteiger partial charge on any atom is -0.496 e. The largest absolute Gasteiger partial charge is 0.496 e. The normalized spacial score (nSPS) is 13.5. The van der Waals surface area contributed by atoms with Gasteiger partial charge in [-0.25, -0.2) is 4.79 Å². The quantitative estimate of drug-likeness (QED) is 0.807. The first kappa shape index (κ1) is 16.0. The number of carboxylic acid groups (broad SMARTS) is 1. The van der Waals surface area contributed by atoms with Crippen LogP contribution in [0, 0.1) is 0 Å². The molecular weight excluding hydrogens is 312 g/mol. The molecule has 24 heavy (non-hydrogen) atoms. The van der Waals surface area contributed by atoms with Crippen LogP contribution in [0.5, 0.6) is 5.75 Å². The first-order valence-corrected chi connectivity index (χ1v) is 7.73. The van der Waals surface area contributed by atoms with Crippen LogP contribution in [0.2, 0.25) is 0 Å². The maximum absolute atomic E-state index is 12.0. The van der Waals surface area contributed by atoms with Crippen LogP contribution in [0.3, 0.4) is 0 Å². The van der Waals surface area contributed by atoms with Crippen LogP contribution in [0.4, 0.5) is 0 Å². The molecule has 0 radical (unpaired) electrons. The van der Waals surface area contributed by atoms with Crippen molar-refractivity contribution < 1.29 is 24.0 Å². The van der Waals surface area contributed by atoms with Crippen molar-refractivity contribution in [2.75, 3.05) is 13.7 Å². The Hall–Kier alpha value is -2.83. The number of hydrogen-bond acceptors (Lipinski definition) is 5. The summed E-state index contributed by atoms with van der Waals surface area (Å²) in [6.45, 7) is 0.376. The lowest BCUT2D eigenvalue weighted by atomic mass is 10.1. The third-order valence-electron chi connectivity index (χ3n) is 3.96. The summed E-state index contributed by atoms with van der Waals surface area (Å²) >= 11 is 0. The number of hydrogen-bond donors (Lipinski definition) is 2. The number of aromatic nitrogens is 1. The van der Waals surface area contributed by atoms with Crippen LogP contribution in [0.1, 0.15) is 50.9 Å². The van der Waals surface area contributed by atoms with E-state index >= 15 is 0 Å². The second-order valence-electron chi connectivity index (χ2n) is 5.73. The van der Waals surface area contributed by atoms with Gasteiger partial charge in [-0.2, -0.15) is 0 Å². The Balaban J connectivity index is 1.57. The molecule has 0 bridgehead atoms. The smallest absolute Gasteiger partial charge is 0.335 e. The van der Waals surface area contributed by atoms with Crippen LogP contribution >= 0.6 is 0 Å². The summed E-state index contributed by atoms with van der Waals surface area (Å²) in [5.41, 5.74) is 1.82. The van der Waals surface area contributed by atoms with E-state index in [1.54, 1.807) is 12.1 Å². The molecule has 0 spiro atoms. The van der Waals surface area contributed by atoms with E-state index in [1.165, 1.54) is 19.2 Å². The SMILES string of the molecule is COc1cc(C(=O)O)ccc1CCNC(=O)c1cc(C2CC2)no1. The number of nitrogens with one attached hydrogen (secondary N) is 1. The Kier molecular flexibility index (Phi) is 4.50. The number of benzene rings is 1. The van der Waals surface area contributed by atoms with Crippen molar-refractivity contribution in [2.24, 2.45) is 0 Å². The van der Waals surface area contributed by atoms with E-state index in [9.17, 15) is 9.59 Å². The standard InChI is InChI=1S/C17H18N2O5/c1-23-14-8-12(17(21)22)5-4-11(14)6-7-18-16(20)15-9-13(19-24-15)10-2-3-10/h4-5,8-10H,2-3,6-7H2,1H3,(H,18,20)(H,21,22). The summed E-state index contributed by atoms with van der Waals surface area (Å²) in [7, 11) is 1.48. The predicted molar refractivity (Wildman–Crippen MR) is 84.5 cm³/mol. The zero-order chi connectivity index (χ0) is 17.1. The average molecular weight is 330 g/mol. The Bertz CT molecular complexity index is 764. The highest BCUT2D eigenvalue weighted by Crippen LogP contribution is 2.39. The summed E-state index contributed by atoms with van der Waals surface area (Å²) < 4.78 is 10.3. The maximum atomic E-state index is 12.0. The molecule has 1 aliphatic rings. The molecule has 7 nitrogen and oxygen atoms in total. The number of methoxy groups -OCH3 is 1. The van der Waals surface area contributed by atoms with Gasteiger partial charge < -0.3 is 19.7 Å². The monoisotopic (exact) mass is 330 g/mol. The molecule has 0 aliphatic heterocycles. The summed E-state index contributed by atoms with van der Waals surface area (Å²) in [5.74, 6) is -0.183. The minimum absolute atomic E-state index is 0.161. The molecule has 1 saturated carbocycles. The zero-order valence-electron chi connectivity index (χ0n) is 13.2. The van der Waals surface area contributed by atoms with Crippen molar-refractivity contribution >= 4 is 11.9 Å². The molecule has 1 aromatic heterocycles. The second-order valence-corrected chi connectivity index (χ2v) is 5.73. The van der Waals surface area contributed by atoms with E-state index in [1.807, 2.05) is 0 Å². The molecule has 126 valence electrons. The third kappa shape index (κ3) is 3.56. The fourth-order valence-electron chi connectivity index (χ4n) is 2.45. The van der Waals surface area contributed by atoms with Crippen molar-refractivity contribution in [1.29, 1.82) is 0 Å². The van der Waals surface area contributed by atoms with Crippen molar-refractivity contribution in [2.45, 2.75) is 25.2 Å². The number of carbonyl (C=O) groups excluding carboxylic acids is 1. The molecular formula is C17H18N2O5. The van der Waals surface area contributed by atoms with E-state index < -0.39 is 5.97 Å². The van der Waals surface area contributed by atoms with E-state index in [0.29, 0.717) is 24.6 Å². The molecule has 1 aliphatic carbocycles. The van der Waals surface area contributed by atoms with Gasteiger partial charge >= 0.3 is 5.97 Å². The number of amides is 1. The lowest BCUT2D eigenvalue weighted by Gasteiger charge is -2.09. The molecule has 1 heterocycles. The van der Waals surface area contributed by atoms with Gasteiger partial charge in [-0.15, -0.1) is 0 Å². The van der Waals surface area contributed by atoms with E-state index in [-0.39, 0.29) is 17.2 Å². The number of carbonyl (C=O) groups is 2. The molecule has 1 aromatic carbocycles. The highest BCUT2D eigenvalue weighted by atomic mass is 16.5.